The van der Waals surface area contributed by atoms with Gasteiger partial charge in [-0.2, -0.15) is 0 Å². The van der Waals surface area contributed by atoms with Gasteiger partial charge in [0.1, 0.15) is 0 Å². The zero-order valence-electron chi connectivity index (χ0n) is 7.86. The summed E-state index contributed by atoms with van der Waals surface area (Å²) in [6.45, 7) is 5.38. The second-order valence-corrected chi connectivity index (χ2v) is 3.86. The molecule has 0 N–H and O–H groups in total. The first-order valence-corrected chi connectivity index (χ1v) is 4.91. The smallest absolute Gasteiger partial charge is 0.0654 e. The molecule has 0 spiro atoms. The summed E-state index contributed by atoms with van der Waals surface area (Å²) in [4.78, 5) is 0. The molecular weight excluding hydrogens is 136 g/mol. The minimum atomic E-state index is 0.230. The first-order valence-electron chi connectivity index (χ1n) is 4.91. The van der Waals surface area contributed by atoms with Crippen LogP contribution >= 0.6 is 0 Å². The monoisotopic (exact) mass is 156 g/mol. The maximum Gasteiger partial charge on any atom is 0.0654 e. The van der Waals surface area contributed by atoms with E-state index in [1.807, 2.05) is 0 Å². The second-order valence-electron chi connectivity index (χ2n) is 3.86. The Morgan fingerprint density at radius 2 is 1.82 bits per heavy atom. The summed E-state index contributed by atoms with van der Waals surface area (Å²) >= 11 is 0. The van der Waals surface area contributed by atoms with Crippen LogP contribution in [0.4, 0.5) is 0 Å². The van der Waals surface area contributed by atoms with E-state index in [1.54, 1.807) is 0 Å². The van der Waals surface area contributed by atoms with Crippen molar-refractivity contribution in [3.63, 3.8) is 0 Å². The third-order valence-electron chi connectivity index (χ3n) is 2.57. The van der Waals surface area contributed by atoms with E-state index in [1.165, 1.54) is 32.1 Å². The lowest BCUT2D eigenvalue weighted by Crippen LogP contribution is -2.31. The van der Waals surface area contributed by atoms with Crippen molar-refractivity contribution in [3.8, 4) is 0 Å². The molecule has 0 saturated heterocycles. The molecule has 1 aliphatic carbocycles. The maximum absolute atomic E-state index is 5.82. The van der Waals surface area contributed by atoms with Crippen molar-refractivity contribution in [1.82, 2.24) is 0 Å². The predicted octanol–water partition coefficient (Wildman–Crippen LogP) is 3.14. The van der Waals surface area contributed by atoms with E-state index in [0.29, 0.717) is 0 Å². The van der Waals surface area contributed by atoms with Crippen molar-refractivity contribution in [3.05, 3.63) is 0 Å². The van der Waals surface area contributed by atoms with Gasteiger partial charge in [-0.15, -0.1) is 0 Å². The van der Waals surface area contributed by atoms with Crippen LogP contribution in [0, 0.1) is 0 Å². The first-order chi connectivity index (χ1) is 5.27. The maximum atomic E-state index is 5.82. The first kappa shape index (κ1) is 9.05. The molecule has 0 aromatic heterocycles. The largest absolute Gasteiger partial charge is 0.375 e. The van der Waals surface area contributed by atoms with E-state index in [4.69, 9.17) is 4.74 Å². The number of rotatable bonds is 3. The highest BCUT2D eigenvalue weighted by atomic mass is 16.5. The van der Waals surface area contributed by atoms with E-state index >= 15 is 0 Å². The van der Waals surface area contributed by atoms with Crippen LogP contribution in [0.25, 0.3) is 0 Å². The molecular formula is C10H20O. The van der Waals surface area contributed by atoms with Gasteiger partial charge < -0.3 is 4.74 Å². The summed E-state index contributed by atoms with van der Waals surface area (Å²) < 4.78 is 5.82. The van der Waals surface area contributed by atoms with Crippen LogP contribution in [0.3, 0.4) is 0 Å². The van der Waals surface area contributed by atoms with Crippen molar-refractivity contribution in [2.45, 2.75) is 58.0 Å². The summed E-state index contributed by atoms with van der Waals surface area (Å²) in [5.74, 6) is 0. The highest BCUT2D eigenvalue weighted by molar-refractivity contribution is 4.79. The molecule has 0 aromatic rings. The van der Waals surface area contributed by atoms with Crippen LogP contribution in [0.1, 0.15) is 52.4 Å². The highest BCUT2D eigenvalue weighted by Gasteiger charge is 2.26. The Hall–Kier alpha value is -0.0400. The normalized spacial score (nSPS) is 23.5. The number of hydrogen-bond donors (Lipinski definition) is 0. The van der Waals surface area contributed by atoms with Crippen molar-refractivity contribution in [1.29, 1.82) is 0 Å². The molecule has 1 heteroatoms. The van der Waals surface area contributed by atoms with E-state index in [-0.39, 0.29) is 5.60 Å². The van der Waals surface area contributed by atoms with Gasteiger partial charge in [0.15, 0.2) is 0 Å². The molecule has 11 heavy (non-hydrogen) atoms. The molecule has 0 atom stereocenters. The lowest BCUT2D eigenvalue weighted by atomic mass is 9.86. The lowest BCUT2D eigenvalue weighted by molar-refractivity contribution is -0.0557. The van der Waals surface area contributed by atoms with Gasteiger partial charge in [0, 0.05) is 6.61 Å². The molecule has 0 heterocycles. The molecule has 1 nitrogen and oxygen atoms in total. The lowest BCUT2D eigenvalue weighted by Gasteiger charge is -2.33. The third kappa shape index (κ3) is 2.82. The predicted molar refractivity (Wildman–Crippen MR) is 47.7 cm³/mol. The third-order valence-corrected chi connectivity index (χ3v) is 2.57. The molecule has 1 rings (SSSR count). The van der Waals surface area contributed by atoms with Crippen LogP contribution in [-0.4, -0.2) is 12.2 Å². The van der Waals surface area contributed by atoms with Crippen molar-refractivity contribution in [2.75, 3.05) is 6.61 Å². The van der Waals surface area contributed by atoms with E-state index in [0.717, 1.165) is 13.0 Å². The standard InChI is InChI=1S/C10H20O/c1-3-9-11-10(2)7-5-4-6-8-10/h3-9H2,1-2H3. The molecule has 1 saturated carbocycles. The van der Waals surface area contributed by atoms with E-state index in [9.17, 15) is 0 Å². The van der Waals surface area contributed by atoms with Gasteiger partial charge >= 0.3 is 0 Å². The molecule has 1 aliphatic rings. The summed E-state index contributed by atoms with van der Waals surface area (Å²) in [5, 5.41) is 0. The quantitative estimate of drug-likeness (QED) is 0.610. The van der Waals surface area contributed by atoms with Gasteiger partial charge in [0.05, 0.1) is 5.60 Å². The Morgan fingerprint density at radius 3 is 2.36 bits per heavy atom. The molecule has 0 bridgehead atoms. The SMILES string of the molecule is CCCOC1(C)CCCCC1. The minimum absolute atomic E-state index is 0.230. The second kappa shape index (κ2) is 4.10. The fraction of sp³-hybridized carbons (Fsp3) is 1.00. The van der Waals surface area contributed by atoms with Gasteiger partial charge in [0.25, 0.3) is 0 Å². The average molecular weight is 156 g/mol. The Morgan fingerprint density at radius 1 is 1.18 bits per heavy atom. The van der Waals surface area contributed by atoms with Crippen LogP contribution in [0.2, 0.25) is 0 Å². The fourth-order valence-corrected chi connectivity index (χ4v) is 1.79. The van der Waals surface area contributed by atoms with E-state index in [2.05, 4.69) is 13.8 Å². The Balaban J connectivity index is 2.25. The molecule has 66 valence electrons. The number of ether oxygens (including phenoxy) is 1. The van der Waals surface area contributed by atoms with E-state index < -0.39 is 0 Å². The molecule has 0 radical (unpaired) electrons. The van der Waals surface area contributed by atoms with Crippen LogP contribution in [-0.2, 0) is 4.74 Å². The fourth-order valence-electron chi connectivity index (χ4n) is 1.79. The summed E-state index contributed by atoms with van der Waals surface area (Å²) in [6, 6.07) is 0. The summed E-state index contributed by atoms with van der Waals surface area (Å²) in [5.41, 5.74) is 0.230. The van der Waals surface area contributed by atoms with Gasteiger partial charge in [-0.3, -0.25) is 0 Å². The molecule has 1 fully saturated rings. The Bertz CT molecular complexity index is 103. The molecule has 0 unspecified atom stereocenters. The van der Waals surface area contributed by atoms with Crippen LogP contribution in [0.5, 0.6) is 0 Å². The van der Waals surface area contributed by atoms with Crippen molar-refractivity contribution >= 4 is 0 Å². The average Bonchev–Trinajstić information content (AvgIpc) is 2.03. The van der Waals surface area contributed by atoms with Crippen LogP contribution < -0.4 is 0 Å². The molecule has 0 aromatic carbocycles. The summed E-state index contributed by atoms with van der Waals surface area (Å²) in [7, 11) is 0. The highest BCUT2D eigenvalue weighted by Crippen LogP contribution is 2.30. The number of hydrogen-bond acceptors (Lipinski definition) is 1. The van der Waals surface area contributed by atoms with Crippen molar-refractivity contribution < 1.29 is 4.74 Å². The Labute approximate surface area is 70.1 Å². The van der Waals surface area contributed by atoms with Gasteiger partial charge in [0.2, 0.25) is 0 Å². The summed E-state index contributed by atoms with van der Waals surface area (Å²) in [6.07, 6.45) is 7.82. The van der Waals surface area contributed by atoms with Crippen molar-refractivity contribution in [2.24, 2.45) is 0 Å². The topological polar surface area (TPSA) is 9.23 Å². The zero-order chi connectivity index (χ0) is 8.16. The molecule has 0 amide bonds. The molecule has 0 aliphatic heterocycles. The van der Waals surface area contributed by atoms with Gasteiger partial charge in [-0.05, 0) is 26.2 Å². The van der Waals surface area contributed by atoms with Gasteiger partial charge in [-0.1, -0.05) is 26.2 Å². The van der Waals surface area contributed by atoms with Crippen LogP contribution in [0.15, 0.2) is 0 Å². The zero-order valence-corrected chi connectivity index (χ0v) is 7.86. The van der Waals surface area contributed by atoms with Gasteiger partial charge in [-0.25, -0.2) is 0 Å². The minimum Gasteiger partial charge on any atom is -0.375 e. The Kier molecular flexibility index (Phi) is 3.38.